The summed E-state index contributed by atoms with van der Waals surface area (Å²) in [7, 11) is 0. The number of benzene rings is 1. The van der Waals surface area contributed by atoms with Crippen LogP contribution in [-0.2, 0) is 16.0 Å². The van der Waals surface area contributed by atoms with E-state index in [4.69, 9.17) is 0 Å². The van der Waals surface area contributed by atoms with Gasteiger partial charge in [-0.2, -0.15) is 0 Å². The van der Waals surface area contributed by atoms with E-state index >= 15 is 0 Å². The Labute approximate surface area is 116 Å². The lowest BCUT2D eigenvalue weighted by Gasteiger charge is -2.10. The summed E-state index contributed by atoms with van der Waals surface area (Å²) in [6.45, 7) is 2.01. The monoisotopic (exact) mass is 263 g/mol. The summed E-state index contributed by atoms with van der Waals surface area (Å²) in [6, 6.07) is 7.98. The van der Waals surface area contributed by atoms with E-state index in [-0.39, 0.29) is 11.6 Å². The van der Waals surface area contributed by atoms with Gasteiger partial charge in [-0.25, -0.2) is 0 Å². The van der Waals surface area contributed by atoms with Crippen LogP contribution in [0.4, 0.5) is 0 Å². The number of aromatic nitrogens is 1. The maximum absolute atomic E-state index is 11.8. The maximum atomic E-state index is 11.8. The molecule has 0 saturated carbocycles. The lowest BCUT2D eigenvalue weighted by atomic mass is 9.94. The molecule has 0 N–H and O–H groups in total. The summed E-state index contributed by atoms with van der Waals surface area (Å²) in [4.78, 5) is 27.6. The smallest absolute Gasteiger partial charge is 0.182 e. The Kier molecular flexibility index (Phi) is 3.03. The second kappa shape index (κ2) is 4.85. The van der Waals surface area contributed by atoms with Gasteiger partial charge in [0.15, 0.2) is 11.6 Å². The van der Waals surface area contributed by atoms with Crippen LogP contribution < -0.4 is 0 Å². The molecule has 2 aromatic rings. The van der Waals surface area contributed by atoms with E-state index in [1.54, 1.807) is 6.20 Å². The van der Waals surface area contributed by atoms with Gasteiger partial charge in [0.2, 0.25) is 0 Å². The molecular weight excluding hydrogens is 250 g/mol. The fourth-order valence-corrected chi connectivity index (χ4v) is 2.47. The maximum Gasteiger partial charge on any atom is 0.182 e. The van der Waals surface area contributed by atoms with Crippen LogP contribution in [0.2, 0.25) is 0 Å². The summed E-state index contributed by atoms with van der Waals surface area (Å²) < 4.78 is 0. The van der Waals surface area contributed by atoms with Gasteiger partial charge in [-0.3, -0.25) is 14.6 Å². The minimum Gasteiger partial charge on any atom is -0.290 e. The molecule has 0 amide bonds. The number of fused-ring (bicyclic) bond motifs is 1. The third-order valence-electron chi connectivity index (χ3n) is 3.34. The number of ketones is 2. The van der Waals surface area contributed by atoms with Crippen molar-refractivity contribution in [2.75, 3.05) is 0 Å². The normalized spacial score (nSPS) is 14.8. The molecule has 1 aromatic carbocycles. The quantitative estimate of drug-likeness (QED) is 0.783. The largest absolute Gasteiger partial charge is 0.290 e. The first-order valence-electron chi connectivity index (χ1n) is 6.45. The lowest BCUT2D eigenvalue weighted by Crippen LogP contribution is -2.10. The summed E-state index contributed by atoms with van der Waals surface area (Å²) in [5, 5.41) is 1.05. The van der Waals surface area contributed by atoms with Gasteiger partial charge in [0.25, 0.3) is 0 Å². The molecule has 3 heteroatoms. The van der Waals surface area contributed by atoms with E-state index in [0.29, 0.717) is 12.0 Å². The number of carbonyl (C=O) groups is 2. The van der Waals surface area contributed by atoms with Crippen LogP contribution in [0, 0.1) is 6.92 Å². The fraction of sp³-hybridized carbons (Fsp3) is 0.118. The molecule has 1 aromatic heterocycles. The minimum atomic E-state index is -0.135. The number of nitrogens with zero attached hydrogens (tertiary/aromatic N) is 1. The Hall–Kier alpha value is -2.55. The number of hydrogen-bond donors (Lipinski definition) is 0. The second-order valence-electron chi connectivity index (χ2n) is 4.95. The highest BCUT2D eigenvalue weighted by Crippen LogP contribution is 2.22. The highest BCUT2D eigenvalue weighted by atomic mass is 16.1. The molecule has 1 aliphatic rings. The number of allylic oxidation sites excluding steroid dienone is 4. The van der Waals surface area contributed by atoms with Gasteiger partial charge >= 0.3 is 0 Å². The first kappa shape index (κ1) is 12.5. The number of pyridine rings is 1. The zero-order valence-electron chi connectivity index (χ0n) is 11.1. The molecule has 0 saturated heterocycles. The van der Waals surface area contributed by atoms with Crippen molar-refractivity contribution < 1.29 is 9.59 Å². The molecule has 0 atom stereocenters. The van der Waals surface area contributed by atoms with Crippen molar-refractivity contribution in [2.45, 2.75) is 13.3 Å². The van der Waals surface area contributed by atoms with Crippen LogP contribution in [0.3, 0.4) is 0 Å². The minimum absolute atomic E-state index is 0.102. The van der Waals surface area contributed by atoms with E-state index in [9.17, 15) is 9.59 Å². The second-order valence-corrected chi connectivity index (χ2v) is 4.95. The Morgan fingerprint density at radius 2 is 2.00 bits per heavy atom. The Morgan fingerprint density at radius 1 is 1.15 bits per heavy atom. The van der Waals surface area contributed by atoms with Crippen LogP contribution in [0.15, 0.2) is 54.3 Å². The number of hydrogen-bond acceptors (Lipinski definition) is 3. The van der Waals surface area contributed by atoms with E-state index in [1.165, 1.54) is 18.2 Å². The van der Waals surface area contributed by atoms with Crippen molar-refractivity contribution in [3.05, 3.63) is 65.4 Å². The molecule has 3 nitrogen and oxygen atoms in total. The van der Waals surface area contributed by atoms with Gasteiger partial charge < -0.3 is 0 Å². The first-order valence-corrected chi connectivity index (χ1v) is 6.45. The van der Waals surface area contributed by atoms with Gasteiger partial charge in [-0.05, 0) is 42.8 Å². The SMILES string of the molecule is Cc1cc(CC2=CC(=O)C=CC2=O)c2ncccc2c1. The summed E-state index contributed by atoms with van der Waals surface area (Å²) in [6.07, 6.45) is 6.23. The van der Waals surface area contributed by atoms with Crippen LogP contribution in [-0.4, -0.2) is 16.6 Å². The molecule has 98 valence electrons. The van der Waals surface area contributed by atoms with Crippen molar-refractivity contribution in [3.63, 3.8) is 0 Å². The van der Waals surface area contributed by atoms with Crippen LogP contribution >= 0.6 is 0 Å². The molecular formula is C17H13NO2. The number of aryl methyl sites for hydroxylation is 1. The average Bonchev–Trinajstić information content (AvgIpc) is 2.43. The van der Waals surface area contributed by atoms with E-state index in [0.717, 1.165) is 22.0 Å². The molecule has 3 rings (SSSR count). The molecule has 0 spiro atoms. The first-order chi connectivity index (χ1) is 9.63. The zero-order valence-corrected chi connectivity index (χ0v) is 11.1. The average molecular weight is 263 g/mol. The molecule has 0 unspecified atom stereocenters. The number of rotatable bonds is 2. The lowest BCUT2D eigenvalue weighted by molar-refractivity contribution is -0.114. The third kappa shape index (κ3) is 2.30. The van der Waals surface area contributed by atoms with E-state index in [2.05, 4.69) is 11.1 Å². The Balaban J connectivity index is 2.07. The Bertz CT molecular complexity index is 785. The standard InChI is InChI=1S/C17H13NO2/c1-11-7-12-3-2-6-18-17(12)14(8-11)9-13-10-15(19)4-5-16(13)20/h2-8,10H,9H2,1H3. The zero-order chi connectivity index (χ0) is 14.1. The predicted octanol–water partition coefficient (Wildman–Crippen LogP) is 2.72. The molecule has 0 bridgehead atoms. The molecule has 20 heavy (non-hydrogen) atoms. The third-order valence-corrected chi connectivity index (χ3v) is 3.34. The van der Waals surface area contributed by atoms with Crippen LogP contribution in [0.25, 0.3) is 10.9 Å². The predicted molar refractivity (Wildman–Crippen MR) is 77.4 cm³/mol. The molecule has 0 radical (unpaired) electrons. The van der Waals surface area contributed by atoms with Crippen molar-refractivity contribution >= 4 is 22.5 Å². The molecule has 0 fully saturated rings. The highest BCUT2D eigenvalue weighted by Gasteiger charge is 2.15. The van der Waals surface area contributed by atoms with Crippen molar-refractivity contribution in [1.29, 1.82) is 0 Å². The number of carbonyl (C=O) groups excluding carboxylic acids is 2. The van der Waals surface area contributed by atoms with Crippen LogP contribution in [0.5, 0.6) is 0 Å². The molecule has 1 heterocycles. The summed E-state index contributed by atoms with van der Waals surface area (Å²) in [5.74, 6) is -0.236. The topological polar surface area (TPSA) is 47.0 Å². The van der Waals surface area contributed by atoms with E-state index in [1.807, 2.05) is 25.1 Å². The highest BCUT2D eigenvalue weighted by molar-refractivity contribution is 6.17. The van der Waals surface area contributed by atoms with Gasteiger partial charge in [-0.15, -0.1) is 0 Å². The fourth-order valence-electron chi connectivity index (χ4n) is 2.47. The van der Waals surface area contributed by atoms with Crippen LogP contribution in [0.1, 0.15) is 11.1 Å². The van der Waals surface area contributed by atoms with Crippen molar-refractivity contribution in [3.8, 4) is 0 Å². The molecule has 0 aliphatic heterocycles. The van der Waals surface area contributed by atoms with E-state index < -0.39 is 0 Å². The van der Waals surface area contributed by atoms with Gasteiger partial charge in [-0.1, -0.05) is 17.7 Å². The Morgan fingerprint density at radius 3 is 2.85 bits per heavy atom. The summed E-state index contributed by atoms with van der Waals surface area (Å²) >= 11 is 0. The van der Waals surface area contributed by atoms with Crippen molar-refractivity contribution in [2.24, 2.45) is 0 Å². The summed E-state index contributed by atoms with van der Waals surface area (Å²) in [5.41, 5.74) is 3.50. The van der Waals surface area contributed by atoms with Gasteiger partial charge in [0.1, 0.15) is 0 Å². The van der Waals surface area contributed by atoms with Gasteiger partial charge in [0.05, 0.1) is 5.52 Å². The molecule has 1 aliphatic carbocycles. The van der Waals surface area contributed by atoms with Gasteiger partial charge in [0, 0.05) is 23.6 Å². The van der Waals surface area contributed by atoms with Crippen molar-refractivity contribution in [1.82, 2.24) is 4.98 Å².